The molecule has 0 fully saturated rings. The number of nitrogens with zero attached hydrogens (tertiary/aromatic N) is 2. The zero-order valence-electron chi connectivity index (χ0n) is 13.4. The molecule has 4 aromatic rings. The lowest BCUT2D eigenvalue weighted by molar-refractivity contribution is 0.355. The van der Waals surface area contributed by atoms with Crippen LogP contribution < -0.4 is 9.47 Å². The number of hydrogen-bond donors (Lipinski definition) is 0. The number of methoxy groups -OCH3 is 2. The maximum Gasteiger partial charge on any atom is 0.161 e. The summed E-state index contributed by atoms with van der Waals surface area (Å²) in [6.45, 7) is 0. The zero-order valence-corrected chi connectivity index (χ0v) is 13.4. The molecule has 3 heterocycles. The van der Waals surface area contributed by atoms with Crippen molar-refractivity contribution in [1.82, 2.24) is 9.38 Å². The molecule has 0 aliphatic rings. The Balaban J connectivity index is 1.78. The Morgan fingerprint density at radius 1 is 0.917 bits per heavy atom. The van der Waals surface area contributed by atoms with Crippen LogP contribution in [0, 0.1) is 0 Å². The lowest BCUT2D eigenvalue weighted by Crippen LogP contribution is -1.90. The molecular weight excluding hydrogens is 304 g/mol. The van der Waals surface area contributed by atoms with E-state index in [-0.39, 0.29) is 0 Å². The second-order valence-corrected chi connectivity index (χ2v) is 5.36. The summed E-state index contributed by atoms with van der Waals surface area (Å²) >= 11 is 0. The number of pyridine rings is 1. The van der Waals surface area contributed by atoms with Gasteiger partial charge in [0.2, 0.25) is 0 Å². The van der Waals surface area contributed by atoms with E-state index in [1.54, 1.807) is 20.5 Å². The molecule has 120 valence electrons. The second-order valence-electron chi connectivity index (χ2n) is 5.36. The lowest BCUT2D eigenvalue weighted by atomic mass is 10.1. The van der Waals surface area contributed by atoms with Gasteiger partial charge in [-0.05, 0) is 42.5 Å². The third-order valence-corrected chi connectivity index (χ3v) is 3.94. The Kier molecular flexibility index (Phi) is 3.46. The summed E-state index contributed by atoms with van der Waals surface area (Å²) in [5.74, 6) is 2.21. The van der Waals surface area contributed by atoms with E-state index >= 15 is 0 Å². The van der Waals surface area contributed by atoms with Crippen LogP contribution in [0.15, 0.2) is 65.5 Å². The summed E-state index contributed by atoms with van der Waals surface area (Å²) in [4.78, 5) is 4.67. The number of benzene rings is 1. The van der Waals surface area contributed by atoms with E-state index in [0.717, 1.165) is 28.2 Å². The molecular formula is C19H16N2O3. The van der Waals surface area contributed by atoms with Gasteiger partial charge in [0, 0.05) is 23.5 Å². The molecule has 0 unspecified atom stereocenters. The number of furan rings is 1. The van der Waals surface area contributed by atoms with Crippen LogP contribution in [0.25, 0.3) is 28.2 Å². The fourth-order valence-electron chi connectivity index (χ4n) is 2.72. The summed E-state index contributed by atoms with van der Waals surface area (Å²) in [5.41, 5.74) is 3.71. The third kappa shape index (κ3) is 2.40. The molecule has 5 nitrogen and oxygen atoms in total. The van der Waals surface area contributed by atoms with Gasteiger partial charge >= 0.3 is 0 Å². The highest BCUT2D eigenvalue weighted by molar-refractivity contribution is 5.68. The molecule has 0 amide bonds. The molecule has 0 aliphatic heterocycles. The van der Waals surface area contributed by atoms with Crippen LogP contribution in [-0.4, -0.2) is 23.6 Å². The van der Waals surface area contributed by atoms with Crippen LogP contribution in [0.4, 0.5) is 0 Å². The van der Waals surface area contributed by atoms with Crippen LogP contribution in [0.1, 0.15) is 0 Å². The topological polar surface area (TPSA) is 48.9 Å². The second kappa shape index (κ2) is 5.77. The first-order valence-corrected chi connectivity index (χ1v) is 7.53. The first-order valence-electron chi connectivity index (χ1n) is 7.53. The van der Waals surface area contributed by atoms with E-state index in [1.165, 1.54) is 0 Å². The molecule has 0 bridgehead atoms. The molecule has 4 rings (SSSR count). The Hall–Kier alpha value is -3.21. The van der Waals surface area contributed by atoms with Gasteiger partial charge in [-0.15, -0.1) is 0 Å². The lowest BCUT2D eigenvalue weighted by Gasteiger charge is -2.08. The predicted octanol–water partition coefficient (Wildman–Crippen LogP) is 4.28. The summed E-state index contributed by atoms with van der Waals surface area (Å²) in [7, 11) is 3.25. The van der Waals surface area contributed by atoms with Gasteiger partial charge in [-0.2, -0.15) is 0 Å². The predicted molar refractivity (Wildman–Crippen MR) is 91.4 cm³/mol. The van der Waals surface area contributed by atoms with Gasteiger partial charge in [0.25, 0.3) is 0 Å². The van der Waals surface area contributed by atoms with Gasteiger partial charge < -0.3 is 18.3 Å². The highest BCUT2D eigenvalue weighted by atomic mass is 16.5. The Morgan fingerprint density at radius 3 is 2.50 bits per heavy atom. The number of aromatic nitrogens is 2. The maximum absolute atomic E-state index is 5.45. The zero-order chi connectivity index (χ0) is 16.5. The van der Waals surface area contributed by atoms with Crippen molar-refractivity contribution in [2.45, 2.75) is 0 Å². The van der Waals surface area contributed by atoms with Crippen LogP contribution in [0.3, 0.4) is 0 Å². The summed E-state index contributed by atoms with van der Waals surface area (Å²) in [5, 5.41) is 0. The Morgan fingerprint density at radius 2 is 1.75 bits per heavy atom. The monoisotopic (exact) mass is 320 g/mol. The van der Waals surface area contributed by atoms with Gasteiger partial charge in [0.05, 0.1) is 26.2 Å². The molecule has 0 atom stereocenters. The highest BCUT2D eigenvalue weighted by Gasteiger charge is 2.10. The van der Waals surface area contributed by atoms with Crippen molar-refractivity contribution in [2.75, 3.05) is 14.2 Å². The van der Waals surface area contributed by atoms with Crippen molar-refractivity contribution < 1.29 is 13.9 Å². The van der Waals surface area contributed by atoms with Crippen molar-refractivity contribution in [3.8, 4) is 34.1 Å². The van der Waals surface area contributed by atoms with Crippen LogP contribution >= 0.6 is 0 Å². The fourth-order valence-corrected chi connectivity index (χ4v) is 2.72. The molecule has 0 spiro atoms. The maximum atomic E-state index is 5.45. The summed E-state index contributed by atoms with van der Waals surface area (Å²) < 4.78 is 18.1. The number of imidazole rings is 1. The standard InChI is InChI=1S/C19H16N2O3/c1-22-17-7-5-13(10-18(17)23-2)15-12-21-11-14(6-8-19(21)20-15)16-4-3-9-24-16/h3-12H,1-2H3. The summed E-state index contributed by atoms with van der Waals surface area (Å²) in [6, 6.07) is 13.6. The van der Waals surface area contributed by atoms with Crippen LogP contribution in [0.5, 0.6) is 11.5 Å². The van der Waals surface area contributed by atoms with Crippen molar-refractivity contribution in [2.24, 2.45) is 0 Å². The van der Waals surface area contributed by atoms with Crippen molar-refractivity contribution in [3.63, 3.8) is 0 Å². The third-order valence-electron chi connectivity index (χ3n) is 3.94. The van der Waals surface area contributed by atoms with E-state index in [9.17, 15) is 0 Å². The van der Waals surface area contributed by atoms with Crippen LogP contribution in [-0.2, 0) is 0 Å². The average molecular weight is 320 g/mol. The molecule has 0 saturated carbocycles. The molecule has 0 saturated heterocycles. The quantitative estimate of drug-likeness (QED) is 0.563. The SMILES string of the molecule is COc1ccc(-c2cn3cc(-c4ccco4)ccc3n2)cc1OC. The molecule has 1 aromatic carbocycles. The van der Waals surface area contributed by atoms with E-state index < -0.39 is 0 Å². The van der Waals surface area contributed by atoms with E-state index in [2.05, 4.69) is 4.98 Å². The normalized spacial score (nSPS) is 10.9. The number of ether oxygens (including phenoxy) is 2. The summed E-state index contributed by atoms with van der Waals surface area (Å²) in [6.07, 6.45) is 5.66. The Bertz CT molecular complexity index is 987. The van der Waals surface area contributed by atoms with Gasteiger partial charge in [0.1, 0.15) is 11.4 Å². The first kappa shape index (κ1) is 14.4. The van der Waals surface area contributed by atoms with Gasteiger partial charge in [-0.25, -0.2) is 4.98 Å². The van der Waals surface area contributed by atoms with Crippen molar-refractivity contribution in [1.29, 1.82) is 0 Å². The van der Waals surface area contributed by atoms with Crippen LogP contribution in [0.2, 0.25) is 0 Å². The highest BCUT2D eigenvalue weighted by Crippen LogP contribution is 2.32. The van der Waals surface area contributed by atoms with E-state index in [1.807, 2.05) is 59.3 Å². The van der Waals surface area contributed by atoms with E-state index in [0.29, 0.717) is 11.5 Å². The minimum atomic E-state index is 0.684. The number of rotatable bonds is 4. The minimum absolute atomic E-state index is 0.684. The molecule has 24 heavy (non-hydrogen) atoms. The number of fused-ring (bicyclic) bond motifs is 1. The van der Waals surface area contributed by atoms with Crippen molar-refractivity contribution >= 4 is 5.65 Å². The van der Waals surface area contributed by atoms with Gasteiger partial charge in [-0.1, -0.05) is 0 Å². The smallest absolute Gasteiger partial charge is 0.161 e. The minimum Gasteiger partial charge on any atom is -0.493 e. The molecule has 0 radical (unpaired) electrons. The largest absolute Gasteiger partial charge is 0.493 e. The number of hydrogen-bond acceptors (Lipinski definition) is 4. The average Bonchev–Trinajstić information content (AvgIpc) is 3.29. The molecule has 3 aromatic heterocycles. The molecule has 0 aliphatic carbocycles. The van der Waals surface area contributed by atoms with E-state index in [4.69, 9.17) is 13.9 Å². The first-order chi connectivity index (χ1) is 11.8. The van der Waals surface area contributed by atoms with Gasteiger partial charge in [0.15, 0.2) is 11.5 Å². The van der Waals surface area contributed by atoms with Gasteiger partial charge in [-0.3, -0.25) is 0 Å². The molecule has 5 heteroatoms. The van der Waals surface area contributed by atoms with Crippen molar-refractivity contribution in [3.05, 3.63) is 61.1 Å². The Labute approximate surface area is 139 Å². The molecule has 0 N–H and O–H groups in total. The fraction of sp³-hybridized carbons (Fsp3) is 0.105.